The van der Waals surface area contributed by atoms with Crippen LogP contribution >= 0.6 is 11.3 Å². The van der Waals surface area contributed by atoms with Gasteiger partial charge in [0.15, 0.2) is 0 Å². The lowest BCUT2D eigenvalue weighted by Crippen LogP contribution is -2.44. The van der Waals surface area contributed by atoms with Crippen molar-refractivity contribution >= 4 is 23.2 Å². The molecule has 3 rings (SSSR count). The smallest absolute Gasteiger partial charge is 0.345 e. The Hall–Kier alpha value is -1.36. The second-order valence-corrected chi connectivity index (χ2v) is 6.90. The summed E-state index contributed by atoms with van der Waals surface area (Å²) in [4.78, 5) is 26.1. The van der Waals surface area contributed by atoms with E-state index in [4.69, 9.17) is 5.11 Å². The van der Waals surface area contributed by atoms with Gasteiger partial charge in [0.05, 0.1) is 4.88 Å². The Kier molecular flexibility index (Phi) is 3.78. The van der Waals surface area contributed by atoms with Gasteiger partial charge in [-0.2, -0.15) is 0 Å². The van der Waals surface area contributed by atoms with Gasteiger partial charge in [-0.05, 0) is 36.8 Å². The molecule has 0 bridgehead atoms. The van der Waals surface area contributed by atoms with Gasteiger partial charge in [-0.25, -0.2) is 4.79 Å². The first-order valence-electron chi connectivity index (χ1n) is 7.27. The van der Waals surface area contributed by atoms with Crippen molar-refractivity contribution in [1.82, 2.24) is 4.90 Å². The first-order valence-corrected chi connectivity index (χ1v) is 8.09. The van der Waals surface area contributed by atoms with E-state index in [1.54, 1.807) is 6.07 Å². The van der Waals surface area contributed by atoms with E-state index in [0.29, 0.717) is 10.8 Å². The highest BCUT2D eigenvalue weighted by Gasteiger charge is 2.33. The number of carbonyl (C=O) groups excluding carboxylic acids is 1. The number of carbonyl (C=O) groups is 2. The number of hydrogen-bond donors (Lipinski definition) is 1. The van der Waals surface area contributed by atoms with Crippen molar-refractivity contribution in [2.45, 2.75) is 32.1 Å². The summed E-state index contributed by atoms with van der Waals surface area (Å²) in [6.07, 6.45) is 6.27. The number of thiophene rings is 1. The number of likely N-dealkylation sites (tertiary alicyclic amines) is 1. The van der Waals surface area contributed by atoms with Gasteiger partial charge in [-0.3, -0.25) is 4.79 Å². The lowest BCUT2D eigenvalue weighted by molar-refractivity contribution is 0.0525. The van der Waals surface area contributed by atoms with Crippen LogP contribution in [0.4, 0.5) is 0 Å². The normalized spacial score (nSPS) is 26.1. The van der Waals surface area contributed by atoms with Crippen molar-refractivity contribution in [2.24, 2.45) is 11.8 Å². The number of nitrogens with zero attached hydrogens (tertiary/aromatic N) is 1. The van der Waals surface area contributed by atoms with E-state index >= 15 is 0 Å². The molecule has 2 atom stereocenters. The third kappa shape index (κ3) is 2.59. The van der Waals surface area contributed by atoms with Gasteiger partial charge in [0.2, 0.25) is 0 Å². The van der Waals surface area contributed by atoms with Crippen LogP contribution in [-0.4, -0.2) is 35.0 Å². The van der Waals surface area contributed by atoms with E-state index in [-0.39, 0.29) is 10.8 Å². The van der Waals surface area contributed by atoms with Crippen LogP contribution in [-0.2, 0) is 0 Å². The maximum absolute atomic E-state index is 12.5. The minimum Gasteiger partial charge on any atom is -0.477 e. The van der Waals surface area contributed by atoms with Crippen LogP contribution in [0.3, 0.4) is 0 Å². The summed E-state index contributed by atoms with van der Waals surface area (Å²) >= 11 is 1.08. The number of hydrogen-bond acceptors (Lipinski definition) is 3. The second-order valence-electron chi connectivity index (χ2n) is 5.81. The first-order chi connectivity index (χ1) is 9.65. The van der Waals surface area contributed by atoms with E-state index in [1.807, 2.05) is 4.90 Å². The zero-order chi connectivity index (χ0) is 14.1. The SMILES string of the molecule is O=C(O)c1ccc(C(=O)N2CC[C@@H]3CCCC[C@@H]3C2)s1. The van der Waals surface area contributed by atoms with Crippen LogP contribution < -0.4 is 0 Å². The van der Waals surface area contributed by atoms with Gasteiger partial charge in [-0.15, -0.1) is 11.3 Å². The van der Waals surface area contributed by atoms with Gasteiger partial charge in [-0.1, -0.05) is 19.3 Å². The summed E-state index contributed by atoms with van der Waals surface area (Å²) in [5, 5.41) is 8.93. The highest BCUT2D eigenvalue weighted by atomic mass is 32.1. The van der Waals surface area contributed by atoms with E-state index in [1.165, 1.54) is 31.7 Å². The van der Waals surface area contributed by atoms with Gasteiger partial charge >= 0.3 is 5.97 Å². The van der Waals surface area contributed by atoms with Gasteiger partial charge in [0, 0.05) is 13.1 Å². The van der Waals surface area contributed by atoms with Crippen LogP contribution in [0.15, 0.2) is 12.1 Å². The number of fused-ring (bicyclic) bond motifs is 1. The lowest BCUT2D eigenvalue weighted by Gasteiger charge is -2.41. The first kappa shape index (κ1) is 13.6. The van der Waals surface area contributed by atoms with Crippen molar-refractivity contribution in [3.05, 3.63) is 21.9 Å². The van der Waals surface area contributed by atoms with Crippen LogP contribution in [0.2, 0.25) is 0 Å². The van der Waals surface area contributed by atoms with Crippen molar-refractivity contribution in [2.75, 3.05) is 13.1 Å². The van der Waals surface area contributed by atoms with Gasteiger partial charge in [0.25, 0.3) is 5.91 Å². The summed E-state index contributed by atoms with van der Waals surface area (Å²) in [6.45, 7) is 1.67. The third-order valence-corrected chi connectivity index (χ3v) is 5.67. The molecule has 1 N–H and O–H groups in total. The molecule has 1 aromatic heterocycles. The number of carboxylic acids is 1. The Labute approximate surface area is 122 Å². The van der Waals surface area contributed by atoms with Crippen molar-refractivity contribution in [3.8, 4) is 0 Å². The molecule has 0 spiro atoms. The van der Waals surface area contributed by atoms with Gasteiger partial charge < -0.3 is 10.0 Å². The molecule has 0 aromatic carbocycles. The quantitative estimate of drug-likeness (QED) is 0.911. The minimum atomic E-state index is -0.958. The molecule has 1 aliphatic heterocycles. The number of piperidine rings is 1. The molecule has 5 heteroatoms. The Morgan fingerprint density at radius 1 is 1.10 bits per heavy atom. The molecule has 108 valence electrons. The average Bonchev–Trinajstić information content (AvgIpc) is 2.96. The Morgan fingerprint density at radius 3 is 2.50 bits per heavy atom. The maximum atomic E-state index is 12.5. The van der Waals surface area contributed by atoms with Gasteiger partial charge in [0.1, 0.15) is 4.88 Å². The molecule has 1 saturated carbocycles. The van der Waals surface area contributed by atoms with Crippen molar-refractivity contribution in [1.29, 1.82) is 0 Å². The average molecular weight is 293 g/mol. The Bertz CT molecular complexity index is 525. The standard InChI is InChI=1S/C15H19NO3S/c17-14(12-5-6-13(20-12)15(18)19)16-8-7-10-3-1-2-4-11(10)9-16/h5-6,10-11H,1-4,7-9H2,(H,18,19)/t10-,11+/m0/s1. The van der Waals surface area contributed by atoms with E-state index in [2.05, 4.69) is 0 Å². The summed E-state index contributed by atoms with van der Waals surface area (Å²) in [6, 6.07) is 3.16. The molecular weight excluding hydrogens is 274 g/mol. The molecule has 0 unspecified atom stereocenters. The number of amides is 1. The van der Waals surface area contributed by atoms with Crippen molar-refractivity contribution in [3.63, 3.8) is 0 Å². The maximum Gasteiger partial charge on any atom is 0.345 e. The van der Waals surface area contributed by atoms with E-state index < -0.39 is 5.97 Å². The predicted octanol–water partition coefficient (Wildman–Crippen LogP) is 3.10. The van der Waals surface area contributed by atoms with E-state index in [0.717, 1.165) is 36.8 Å². The molecule has 1 amide bonds. The fourth-order valence-corrected chi connectivity index (χ4v) is 4.32. The molecule has 1 aromatic rings. The molecule has 2 aliphatic rings. The topological polar surface area (TPSA) is 57.6 Å². The largest absolute Gasteiger partial charge is 0.477 e. The molecule has 2 heterocycles. The summed E-state index contributed by atoms with van der Waals surface area (Å²) in [5.41, 5.74) is 0. The number of rotatable bonds is 2. The Balaban J connectivity index is 1.69. The molecule has 1 aliphatic carbocycles. The monoisotopic (exact) mass is 293 g/mol. The molecule has 1 saturated heterocycles. The minimum absolute atomic E-state index is 0.00604. The second kappa shape index (κ2) is 5.56. The Morgan fingerprint density at radius 2 is 1.80 bits per heavy atom. The van der Waals surface area contributed by atoms with Crippen LogP contribution in [0.25, 0.3) is 0 Å². The summed E-state index contributed by atoms with van der Waals surface area (Å²) in [7, 11) is 0. The van der Waals surface area contributed by atoms with Crippen molar-refractivity contribution < 1.29 is 14.7 Å². The number of carboxylic acid groups (broad SMARTS) is 1. The van der Waals surface area contributed by atoms with Crippen LogP contribution in [0, 0.1) is 11.8 Å². The zero-order valence-corrected chi connectivity index (χ0v) is 12.2. The summed E-state index contributed by atoms with van der Waals surface area (Å²) < 4.78 is 0. The lowest BCUT2D eigenvalue weighted by atomic mass is 9.75. The predicted molar refractivity (Wildman–Crippen MR) is 77.2 cm³/mol. The molecular formula is C15H19NO3S. The molecule has 20 heavy (non-hydrogen) atoms. The third-order valence-electron chi connectivity index (χ3n) is 4.61. The zero-order valence-electron chi connectivity index (χ0n) is 11.4. The highest BCUT2D eigenvalue weighted by molar-refractivity contribution is 7.15. The highest BCUT2D eigenvalue weighted by Crippen LogP contribution is 2.36. The fraction of sp³-hybridized carbons (Fsp3) is 0.600. The summed E-state index contributed by atoms with van der Waals surface area (Å²) in [5.74, 6) is 0.498. The molecule has 0 radical (unpaired) electrons. The number of aromatic carboxylic acids is 1. The van der Waals surface area contributed by atoms with Crippen LogP contribution in [0.5, 0.6) is 0 Å². The fourth-order valence-electron chi connectivity index (χ4n) is 3.51. The molecule has 2 fully saturated rings. The van der Waals surface area contributed by atoms with E-state index in [9.17, 15) is 9.59 Å². The molecule has 4 nitrogen and oxygen atoms in total. The van der Waals surface area contributed by atoms with Crippen LogP contribution in [0.1, 0.15) is 51.4 Å².